The minimum Gasteiger partial charge on any atom is -0.354 e. The van der Waals surface area contributed by atoms with Crippen LogP contribution in [0.2, 0.25) is 5.02 Å². The van der Waals surface area contributed by atoms with Crippen molar-refractivity contribution in [3.8, 4) is 0 Å². The Hall–Kier alpha value is -2.10. The first-order valence-corrected chi connectivity index (χ1v) is 15.0. The monoisotopic (exact) mass is 599 g/mol. The normalized spacial score (nSPS) is 12.2. The number of nitrogens with one attached hydrogen (secondary N) is 1. The van der Waals surface area contributed by atoms with E-state index >= 15 is 0 Å². The fourth-order valence-corrected chi connectivity index (χ4v) is 5.20. The van der Waals surface area contributed by atoms with Crippen LogP contribution in [0, 0.1) is 6.92 Å². The first-order chi connectivity index (χ1) is 17.0. The van der Waals surface area contributed by atoms with Crippen LogP contribution in [0.3, 0.4) is 0 Å². The Balaban J connectivity index is 2.17. The maximum Gasteiger partial charge on any atom is 0.242 e. The van der Waals surface area contributed by atoms with Gasteiger partial charge in [0.25, 0.3) is 0 Å². The lowest BCUT2D eigenvalue weighted by Gasteiger charge is -2.29. The number of sulfonamides is 1. The van der Waals surface area contributed by atoms with Crippen LogP contribution in [-0.4, -0.2) is 50.5 Å². The summed E-state index contributed by atoms with van der Waals surface area (Å²) in [5, 5.41) is 3.37. The summed E-state index contributed by atoms with van der Waals surface area (Å²) in [6.07, 6.45) is 3.34. The van der Waals surface area contributed by atoms with Crippen molar-refractivity contribution >= 4 is 55.1 Å². The molecule has 0 bridgehead atoms. The van der Waals surface area contributed by atoms with E-state index in [9.17, 15) is 18.0 Å². The summed E-state index contributed by atoms with van der Waals surface area (Å²) in [5.74, 6) is -0.423. The molecule has 198 valence electrons. The summed E-state index contributed by atoms with van der Waals surface area (Å²) in [7, 11) is -3.59. The van der Waals surface area contributed by atoms with Crippen molar-refractivity contribution in [2.45, 2.75) is 59.0 Å². The topological polar surface area (TPSA) is 86.8 Å². The second-order valence-corrected chi connectivity index (χ2v) is 12.0. The average Bonchev–Trinajstić information content (AvgIpc) is 2.82. The largest absolute Gasteiger partial charge is 0.354 e. The van der Waals surface area contributed by atoms with Gasteiger partial charge in [-0.1, -0.05) is 59.1 Å². The number of benzene rings is 2. The first kappa shape index (κ1) is 30.1. The standard InChI is InChI=1S/C26H35BrClN3O4S/c1-5-6-16-29-26(33)20(3)30(18-21-12-14-22(27)15-13-21)25(32)11-8-17-31(36(4,34)35)24-10-7-9-23(28)19(24)2/h7,9-10,12-15,20H,5-6,8,11,16-18H2,1-4H3,(H,29,33)/t20-/m0/s1. The zero-order valence-corrected chi connectivity index (χ0v) is 24.4. The molecule has 0 spiro atoms. The van der Waals surface area contributed by atoms with Gasteiger partial charge in [-0.2, -0.15) is 0 Å². The van der Waals surface area contributed by atoms with Crippen LogP contribution in [0.4, 0.5) is 5.69 Å². The van der Waals surface area contributed by atoms with Gasteiger partial charge in [0.05, 0.1) is 11.9 Å². The molecule has 0 heterocycles. The Kier molecular flexibility index (Phi) is 11.7. The number of rotatable bonds is 13. The number of amides is 2. The van der Waals surface area contributed by atoms with Gasteiger partial charge >= 0.3 is 0 Å². The molecule has 0 aliphatic rings. The number of anilines is 1. The molecule has 2 aromatic rings. The van der Waals surface area contributed by atoms with Gasteiger partial charge < -0.3 is 10.2 Å². The smallest absolute Gasteiger partial charge is 0.242 e. The third kappa shape index (κ3) is 8.78. The highest BCUT2D eigenvalue weighted by Gasteiger charge is 2.27. The van der Waals surface area contributed by atoms with Crippen LogP contribution < -0.4 is 9.62 Å². The summed E-state index contributed by atoms with van der Waals surface area (Å²) >= 11 is 9.62. The third-order valence-corrected chi connectivity index (χ3v) is 8.04. The van der Waals surface area contributed by atoms with E-state index in [0.717, 1.165) is 29.1 Å². The predicted octanol–water partition coefficient (Wildman–Crippen LogP) is 5.29. The molecule has 2 aromatic carbocycles. The number of carbonyl (C=O) groups excluding carboxylic acids is 2. The Bertz CT molecular complexity index is 1140. The molecule has 10 heteroatoms. The first-order valence-electron chi connectivity index (χ1n) is 12.0. The number of hydrogen-bond donors (Lipinski definition) is 1. The van der Waals surface area contributed by atoms with E-state index in [1.807, 2.05) is 31.2 Å². The molecule has 0 aromatic heterocycles. The van der Waals surface area contributed by atoms with E-state index in [0.29, 0.717) is 29.2 Å². The van der Waals surface area contributed by atoms with Gasteiger partial charge in [0.1, 0.15) is 6.04 Å². The molecule has 1 atom stereocenters. The highest BCUT2D eigenvalue weighted by molar-refractivity contribution is 9.10. The lowest BCUT2D eigenvalue weighted by atomic mass is 10.1. The Morgan fingerprint density at radius 1 is 1.11 bits per heavy atom. The average molecular weight is 601 g/mol. The summed E-state index contributed by atoms with van der Waals surface area (Å²) in [4.78, 5) is 27.6. The quantitative estimate of drug-likeness (QED) is 0.317. The number of halogens is 2. The molecule has 7 nitrogen and oxygen atoms in total. The molecule has 36 heavy (non-hydrogen) atoms. The van der Waals surface area contributed by atoms with Crippen LogP contribution in [0.5, 0.6) is 0 Å². The minimum atomic E-state index is -3.59. The SMILES string of the molecule is CCCCNC(=O)[C@H](C)N(Cc1ccc(Br)cc1)C(=O)CCCN(c1cccc(Cl)c1C)S(C)(=O)=O. The van der Waals surface area contributed by atoms with Crippen LogP contribution >= 0.6 is 27.5 Å². The molecular formula is C26H35BrClN3O4S. The molecule has 2 rings (SSSR count). The molecule has 0 radical (unpaired) electrons. The summed E-state index contributed by atoms with van der Waals surface area (Å²) in [6.45, 7) is 6.48. The van der Waals surface area contributed by atoms with Gasteiger partial charge in [0.2, 0.25) is 21.8 Å². The van der Waals surface area contributed by atoms with E-state index in [2.05, 4.69) is 21.2 Å². The van der Waals surface area contributed by atoms with Crippen molar-refractivity contribution in [3.05, 3.63) is 63.1 Å². The van der Waals surface area contributed by atoms with Crippen LogP contribution in [0.15, 0.2) is 46.9 Å². The van der Waals surface area contributed by atoms with Gasteiger partial charge in [-0.3, -0.25) is 13.9 Å². The van der Waals surface area contributed by atoms with E-state index in [1.165, 1.54) is 4.31 Å². The molecule has 1 N–H and O–H groups in total. The number of carbonyl (C=O) groups is 2. The molecule has 0 aliphatic carbocycles. The van der Waals surface area contributed by atoms with Crippen molar-refractivity contribution in [2.75, 3.05) is 23.7 Å². The van der Waals surface area contributed by atoms with Crippen molar-refractivity contribution in [1.82, 2.24) is 10.2 Å². The lowest BCUT2D eigenvalue weighted by molar-refractivity contribution is -0.140. The van der Waals surface area contributed by atoms with E-state index < -0.39 is 16.1 Å². The van der Waals surface area contributed by atoms with Gasteiger partial charge in [-0.25, -0.2) is 8.42 Å². The second-order valence-electron chi connectivity index (χ2n) is 8.79. The van der Waals surface area contributed by atoms with E-state index in [1.54, 1.807) is 36.9 Å². The molecule has 0 saturated heterocycles. The van der Waals surface area contributed by atoms with E-state index in [-0.39, 0.29) is 31.3 Å². The van der Waals surface area contributed by atoms with E-state index in [4.69, 9.17) is 11.6 Å². The molecular weight excluding hydrogens is 566 g/mol. The predicted molar refractivity (Wildman–Crippen MR) is 150 cm³/mol. The van der Waals surface area contributed by atoms with Gasteiger partial charge in [-0.05, 0) is 62.1 Å². The molecule has 0 unspecified atom stereocenters. The van der Waals surface area contributed by atoms with Gasteiger partial charge in [0, 0.05) is 35.6 Å². The zero-order chi connectivity index (χ0) is 26.9. The highest BCUT2D eigenvalue weighted by atomic mass is 79.9. The number of hydrogen-bond acceptors (Lipinski definition) is 4. The Morgan fingerprint density at radius 3 is 2.39 bits per heavy atom. The molecule has 2 amide bonds. The summed E-state index contributed by atoms with van der Waals surface area (Å²) in [6, 6.07) is 12.0. The maximum atomic E-state index is 13.3. The third-order valence-electron chi connectivity index (χ3n) is 5.92. The second kappa shape index (κ2) is 14.0. The fraction of sp³-hybridized carbons (Fsp3) is 0.462. The number of unbranched alkanes of at least 4 members (excludes halogenated alkanes) is 1. The lowest BCUT2D eigenvalue weighted by Crippen LogP contribution is -2.48. The van der Waals surface area contributed by atoms with Crippen molar-refractivity contribution < 1.29 is 18.0 Å². The minimum absolute atomic E-state index is 0.0920. The van der Waals surface area contributed by atoms with Crippen molar-refractivity contribution in [1.29, 1.82) is 0 Å². The Labute approximate surface area is 228 Å². The number of nitrogens with zero attached hydrogens (tertiary/aromatic N) is 2. The highest BCUT2D eigenvalue weighted by Crippen LogP contribution is 2.28. The van der Waals surface area contributed by atoms with Crippen LogP contribution in [0.1, 0.15) is 50.7 Å². The summed E-state index contributed by atoms with van der Waals surface area (Å²) in [5.41, 5.74) is 2.05. The molecule has 0 fully saturated rings. The van der Waals surface area contributed by atoms with Gasteiger partial charge in [-0.15, -0.1) is 0 Å². The maximum absolute atomic E-state index is 13.3. The van der Waals surface area contributed by atoms with Gasteiger partial charge in [0.15, 0.2) is 0 Å². The zero-order valence-electron chi connectivity index (χ0n) is 21.3. The van der Waals surface area contributed by atoms with Crippen LogP contribution in [-0.2, 0) is 26.2 Å². The van der Waals surface area contributed by atoms with Crippen molar-refractivity contribution in [2.24, 2.45) is 0 Å². The Morgan fingerprint density at radius 2 is 1.78 bits per heavy atom. The molecule has 0 aliphatic heterocycles. The van der Waals surface area contributed by atoms with Crippen molar-refractivity contribution in [3.63, 3.8) is 0 Å². The van der Waals surface area contributed by atoms with Crippen LogP contribution in [0.25, 0.3) is 0 Å². The molecule has 0 saturated carbocycles. The fourth-order valence-electron chi connectivity index (χ4n) is 3.75. The summed E-state index contributed by atoms with van der Waals surface area (Å²) < 4.78 is 27.3.